The third-order valence-corrected chi connectivity index (χ3v) is 4.04. The Kier molecular flexibility index (Phi) is 4.49. The molecular weight excluding hydrogens is 256 g/mol. The Morgan fingerprint density at radius 3 is 2.70 bits per heavy atom. The van der Waals surface area contributed by atoms with Crippen LogP contribution in [0.1, 0.15) is 42.5 Å². The number of nitrogens with one attached hydrogen (secondary N) is 1. The van der Waals surface area contributed by atoms with Crippen molar-refractivity contribution >= 4 is 5.91 Å². The summed E-state index contributed by atoms with van der Waals surface area (Å²) in [7, 11) is 1.46. The molecule has 4 N–H and O–H groups in total. The molecule has 1 saturated carbocycles. The predicted molar refractivity (Wildman–Crippen MR) is 77.0 cm³/mol. The lowest BCUT2D eigenvalue weighted by Gasteiger charge is -2.37. The summed E-state index contributed by atoms with van der Waals surface area (Å²) in [6.07, 6.45) is 5.10. The van der Waals surface area contributed by atoms with Gasteiger partial charge in [-0.05, 0) is 25.0 Å². The fourth-order valence-electron chi connectivity index (χ4n) is 2.79. The molecule has 1 fully saturated rings. The van der Waals surface area contributed by atoms with Crippen molar-refractivity contribution in [2.75, 3.05) is 13.7 Å². The summed E-state index contributed by atoms with van der Waals surface area (Å²) in [5.41, 5.74) is 5.74. The number of aromatic hydroxyl groups is 1. The number of hydrogen-bond acceptors (Lipinski definition) is 4. The van der Waals surface area contributed by atoms with Gasteiger partial charge in [-0.1, -0.05) is 25.3 Å². The van der Waals surface area contributed by atoms with E-state index in [2.05, 4.69) is 5.32 Å². The van der Waals surface area contributed by atoms with E-state index in [0.717, 1.165) is 25.7 Å². The third kappa shape index (κ3) is 2.88. The molecule has 0 heterocycles. The molecule has 0 saturated heterocycles. The maximum Gasteiger partial charge on any atom is 0.255 e. The van der Waals surface area contributed by atoms with E-state index in [0.29, 0.717) is 12.3 Å². The first-order valence-corrected chi connectivity index (χ1v) is 7.00. The van der Waals surface area contributed by atoms with Gasteiger partial charge in [0.15, 0.2) is 11.5 Å². The summed E-state index contributed by atoms with van der Waals surface area (Å²) in [6.45, 7) is 0.420. The minimum atomic E-state index is -0.342. The molecule has 2 rings (SSSR count). The molecular formula is C15H22N2O3. The summed E-state index contributed by atoms with van der Waals surface area (Å²) in [4.78, 5) is 12.4. The van der Waals surface area contributed by atoms with Gasteiger partial charge in [-0.2, -0.15) is 0 Å². The first-order chi connectivity index (χ1) is 9.62. The van der Waals surface area contributed by atoms with Crippen LogP contribution in [0.25, 0.3) is 0 Å². The third-order valence-electron chi connectivity index (χ3n) is 4.04. The average molecular weight is 278 g/mol. The Hall–Kier alpha value is -1.75. The topological polar surface area (TPSA) is 84.6 Å². The van der Waals surface area contributed by atoms with E-state index >= 15 is 0 Å². The molecule has 0 aromatic heterocycles. The first kappa shape index (κ1) is 14.7. The number of methoxy groups -OCH3 is 1. The molecule has 0 bridgehead atoms. The highest BCUT2D eigenvalue weighted by Crippen LogP contribution is 2.31. The van der Waals surface area contributed by atoms with Crippen LogP contribution in [0.4, 0.5) is 0 Å². The SMILES string of the molecule is COc1cccc(C(=O)NC2(CN)CCCCC2)c1O. The number of amides is 1. The Labute approximate surface area is 119 Å². The van der Waals surface area contributed by atoms with Crippen molar-refractivity contribution in [3.63, 3.8) is 0 Å². The van der Waals surface area contributed by atoms with Gasteiger partial charge in [0, 0.05) is 6.54 Å². The van der Waals surface area contributed by atoms with Gasteiger partial charge in [0.05, 0.1) is 18.2 Å². The van der Waals surface area contributed by atoms with E-state index in [1.165, 1.54) is 13.5 Å². The molecule has 110 valence electrons. The molecule has 1 aliphatic carbocycles. The standard InChI is InChI=1S/C15H22N2O3/c1-20-12-7-5-6-11(13(12)18)14(19)17-15(10-16)8-3-2-4-9-15/h5-7,18H,2-4,8-10,16H2,1H3,(H,17,19). The number of rotatable bonds is 4. The van der Waals surface area contributed by atoms with Gasteiger partial charge in [-0.3, -0.25) is 4.79 Å². The van der Waals surface area contributed by atoms with Crippen LogP contribution in [0.2, 0.25) is 0 Å². The van der Waals surface area contributed by atoms with Gasteiger partial charge in [-0.25, -0.2) is 0 Å². The molecule has 1 aliphatic rings. The number of hydrogen-bond donors (Lipinski definition) is 3. The van der Waals surface area contributed by atoms with Crippen molar-refractivity contribution < 1.29 is 14.6 Å². The summed E-state index contributed by atoms with van der Waals surface area (Å²) < 4.78 is 5.02. The molecule has 20 heavy (non-hydrogen) atoms. The van der Waals surface area contributed by atoms with Crippen molar-refractivity contribution in [3.8, 4) is 11.5 Å². The summed E-state index contributed by atoms with van der Waals surface area (Å²) >= 11 is 0. The van der Waals surface area contributed by atoms with Crippen molar-refractivity contribution in [1.29, 1.82) is 0 Å². The lowest BCUT2D eigenvalue weighted by Crippen LogP contribution is -2.54. The Morgan fingerprint density at radius 1 is 1.40 bits per heavy atom. The van der Waals surface area contributed by atoms with Crippen LogP contribution >= 0.6 is 0 Å². The fraction of sp³-hybridized carbons (Fsp3) is 0.533. The molecule has 1 aromatic carbocycles. The van der Waals surface area contributed by atoms with Gasteiger partial charge in [0.25, 0.3) is 5.91 Å². The molecule has 0 atom stereocenters. The number of phenolic OH excluding ortho intramolecular Hbond substituents is 1. The van der Waals surface area contributed by atoms with E-state index in [-0.39, 0.29) is 22.8 Å². The number of ether oxygens (including phenoxy) is 1. The number of phenols is 1. The zero-order chi connectivity index (χ0) is 14.6. The van der Waals surface area contributed by atoms with Gasteiger partial charge in [0.2, 0.25) is 0 Å². The Morgan fingerprint density at radius 2 is 2.10 bits per heavy atom. The van der Waals surface area contributed by atoms with Crippen LogP contribution in [0.5, 0.6) is 11.5 Å². The van der Waals surface area contributed by atoms with E-state index in [1.807, 2.05) is 0 Å². The predicted octanol–water partition coefficient (Wildman–Crippen LogP) is 1.79. The lowest BCUT2D eigenvalue weighted by molar-refractivity contribution is 0.0871. The second kappa shape index (κ2) is 6.13. The first-order valence-electron chi connectivity index (χ1n) is 7.00. The van der Waals surface area contributed by atoms with Crippen molar-refractivity contribution in [2.24, 2.45) is 5.73 Å². The summed E-state index contributed by atoms with van der Waals surface area (Å²) in [6, 6.07) is 4.88. The van der Waals surface area contributed by atoms with Crippen molar-refractivity contribution in [2.45, 2.75) is 37.6 Å². The normalized spacial score (nSPS) is 17.5. The highest BCUT2D eigenvalue weighted by Gasteiger charge is 2.33. The maximum absolute atomic E-state index is 12.4. The van der Waals surface area contributed by atoms with Crippen LogP contribution in [-0.2, 0) is 0 Å². The van der Waals surface area contributed by atoms with Gasteiger partial charge >= 0.3 is 0 Å². The number of carbonyl (C=O) groups excluding carboxylic acids is 1. The number of nitrogens with two attached hydrogens (primary N) is 1. The number of carbonyl (C=O) groups is 1. The number of para-hydroxylation sites is 1. The molecule has 5 heteroatoms. The zero-order valence-corrected chi connectivity index (χ0v) is 11.8. The Balaban J connectivity index is 2.19. The number of benzene rings is 1. The molecule has 1 amide bonds. The summed E-state index contributed by atoms with van der Waals surface area (Å²) in [5.74, 6) is -0.132. The minimum absolute atomic E-state index is 0.129. The van der Waals surface area contributed by atoms with Crippen molar-refractivity contribution in [3.05, 3.63) is 23.8 Å². The molecule has 0 radical (unpaired) electrons. The second-order valence-electron chi connectivity index (χ2n) is 5.36. The lowest BCUT2D eigenvalue weighted by atomic mass is 9.81. The molecule has 0 spiro atoms. The Bertz CT molecular complexity index is 482. The van der Waals surface area contributed by atoms with Crippen LogP contribution in [-0.4, -0.2) is 30.2 Å². The second-order valence-corrected chi connectivity index (χ2v) is 5.36. The van der Waals surface area contributed by atoms with E-state index in [4.69, 9.17) is 10.5 Å². The van der Waals surface area contributed by atoms with Crippen LogP contribution in [0, 0.1) is 0 Å². The highest BCUT2D eigenvalue weighted by molar-refractivity contribution is 5.98. The fourth-order valence-corrected chi connectivity index (χ4v) is 2.79. The van der Waals surface area contributed by atoms with Gasteiger partial charge in [0.1, 0.15) is 0 Å². The highest BCUT2D eigenvalue weighted by atomic mass is 16.5. The minimum Gasteiger partial charge on any atom is -0.504 e. The molecule has 0 unspecified atom stereocenters. The smallest absolute Gasteiger partial charge is 0.255 e. The maximum atomic E-state index is 12.4. The van der Waals surface area contributed by atoms with E-state index in [1.54, 1.807) is 18.2 Å². The molecule has 5 nitrogen and oxygen atoms in total. The van der Waals surface area contributed by atoms with Crippen LogP contribution < -0.4 is 15.8 Å². The monoisotopic (exact) mass is 278 g/mol. The van der Waals surface area contributed by atoms with Gasteiger partial charge < -0.3 is 20.9 Å². The average Bonchev–Trinajstić information content (AvgIpc) is 2.48. The van der Waals surface area contributed by atoms with Crippen LogP contribution in [0.3, 0.4) is 0 Å². The van der Waals surface area contributed by atoms with E-state index < -0.39 is 0 Å². The largest absolute Gasteiger partial charge is 0.504 e. The molecule has 0 aliphatic heterocycles. The van der Waals surface area contributed by atoms with E-state index in [9.17, 15) is 9.90 Å². The van der Waals surface area contributed by atoms with Crippen molar-refractivity contribution in [1.82, 2.24) is 5.32 Å². The quantitative estimate of drug-likeness (QED) is 0.784. The summed E-state index contributed by atoms with van der Waals surface area (Å²) in [5, 5.41) is 13.0. The molecule has 1 aromatic rings. The van der Waals surface area contributed by atoms with Gasteiger partial charge in [-0.15, -0.1) is 0 Å². The zero-order valence-electron chi connectivity index (χ0n) is 11.8. The van der Waals surface area contributed by atoms with Crippen LogP contribution in [0.15, 0.2) is 18.2 Å².